The molecule has 3 N–H and O–H groups in total. The molecule has 1 fully saturated rings. The Morgan fingerprint density at radius 2 is 2.09 bits per heavy atom. The fraction of sp³-hybridized carbons (Fsp3) is 0.375. The van der Waals surface area contributed by atoms with Crippen LogP contribution < -0.4 is 11.1 Å². The molecular weight excluding hydrogens is 319 g/mol. The number of aryl methyl sites for hydroxylation is 1. The van der Waals surface area contributed by atoms with Crippen LogP contribution in [-0.2, 0) is 4.79 Å². The highest BCUT2D eigenvalue weighted by Crippen LogP contribution is 2.28. The zero-order valence-electron chi connectivity index (χ0n) is 12.9. The minimum absolute atomic E-state index is 0. The lowest BCUT2D eigenvalue weighted by atomic mass is 9.98. The molecule has 1 aromatic heterocycles. The summed E-state index contributed by atoms with van der Waals surface area (Å²) in [6, 6.07) is 4.55. The van der Waals surface area contributed by atoms with Crippen LogP contribution in [0.3, 0.4) is 0 Å². The monoisotopic (exact) mass is 338 g/mol. The van der Waals surface area contributed by atoms with Crippen LogP contribution in [0.1, 0.15) is 31.2 Å². The van der Waals surface area contributed by atoms with Crippen LogP contribution in [0.15, 0.2) is 30.6 Å². The normalized spacial score (nSPS) is 16.0. The molecule has 2 aromatic rings. The van der Waals surface area contributed by atoms with Crippen molar-refractivity contribution in [3.05, 3.63) is 42.0 Å². The van der Waals surface area contributed by atoms with E-state index in [1.165, 1.54) is 10.7 Å². The van der Waals surface area contributed by atoms with E-state index in [4.69, 9.17) is 5.73 Å². The second kappa shape index (κ2) is 6.68. The lowest BCUT2D eigenvalue weighted by Crippen LogP contribution is -2.48. The molecule has 0 saturated heterocycles. The lowest BCUT2D eigenvalue weighted by molar-refractivity contribution is -0.121. The Hall–Kier alpha value is -1.92. The highest BCUT2D eigenvalue weighted by atomic mass is 35.5. The summed E-state index contributed by atoms with van der Waals surface area (Å²) in [5.74, 6) is -0.689. The minimum atomic E-state index is -0.825. The van der Waals surface area contributed by atoms with Crippen molar-refractivity contribution in [1.29, 1.82) is 0 Å². The molecule has 0 aliphatic heterocycles. The lowest BCUT2D eigenvalue weighted by Gasteiger charge is -2.22. The van der Waals surface area contributed by atoms with Crippen LogP contribution in [0.2, 0.25) is 0 Å². The second-order valence-electron chi connectivity index (χ2n) is 5.95. The van der Waals surface area contributed by atoms with Crippen LogP contribution in [0, 0.1) is 12.7 Å². The van der Waals surface area contributed by atoms with Gasteiger partial charge in [-0.15, -0.1) is 12.4 Å². The Kier molecular flexibility index (Phi) is 5.06. The summed E-state index contributed by atoms with van der Waals surface area (Å²) in [5, 5.41) is 6.80. The molecule has 1 aromatic carbocycles. The average molecular weight is 339 g/mol. The number of nitrogens with zero attached hydrogens (tertiary/aromatic N) is 2. The summed E-state index contributed by atoms with van der Waals surface area (Å²) in [6.07, 6.45) is 6.65. The van der Waals surface area contributed by atoms with Crippen LogP contribution in [0.25, 0.3) is 5.69 Å². The quantitative estimate of drug-likeness (QED) is 0.903. The summed E-state index contributed by atoms with van der Waals surface area (Å²) in [6.45, 7) is 1.89. The standard InChI is InChI=1S/C16H19FN4O.ClH/c1-11-9-19-21(10-11)14-5-4-12(8-13(14)17)20-15(22)16(18)6-2-3-7-16;/h4-5,8-10H,2-3,6-7,18H2,1H3,(H,20,22);1H. The van der Waals surface area contributed by atoms with Gasteiger partial charge in [-0.25, -0.2) is 9.07 Å². The van der Waals surface area contributed by atoms with Gasteiger partial charge in [0.25, 0.3) is 0 Å². The Morgan fingerprint density at radius 3 is 2.65 bits per heavy atom. The van der Waals surface area contributed by atoms with Gasteiger partial charge < -0.3 is 11.1 Å². The number of hydrogen-bond acceptors (Lipinski definition) is 3. The maximum absolute atomic E-state index is 14.2. The maximum Gasteiger partial charge on any atom is 0.244 e. The maximum atomic E-state index is 14.2. The molecular formula is C16H20ClFN4O. The van der Waals surface area contributed by atoms with E-state index < -0.39 is 11.4 Å². The summed E-state index contributed by atoms with van der Waals surface area (Å²) >= 11 is 0. The number of carbonyl (C=O) groups is 1. The number of rotatable bonds is 3. The highest BCUT2D eigenvalue weighted by molar-refractivity contribution is 5.98. The molecule has 7 heteroatoms. The third-order valence-corrected chi connectivity index (χ3v) is 4.11. The number of aromatic nitrogens is 2. The van der Waals surface area contributed by atoms with E-state index in [2.05, 4.69) is 10.4 Å². The van der Waals surface area contributed by atoms with Gasteiger partial charge in [0.15, 0.2) is 5.82 Å². The number of nitrogens with one attached hydrogen (secondary N) is 1. The zero-order valence-corrected chi connectivity index (χ0v) is 13.7. The molecule has 1 amide bonds. The molecule has 124 valence electrons. The molecule has 0 spiro atoms. The first-order chi connectivity index (χ1) is 10.5. The summed E-state index contributed by atoms with van der Waals surface area (Å²) < 4.78 is 15.7. The Labute approximate surface area is 140 Å². The summed E-state index contributed by atoms with van der Waals surface area (Å²) in [4.78, 5) is 12.2. The van der Waals surface area contributed by atoms with Crippen molar-refractivity contribution < 1.29 is 9.18 Å². The van der Waals surface area contributed by atoms with Gasteiger partial charge in [-0.3, -0.25) is 4.79 Å². The van der Waals surface area contributed by atoms with E-state index in [1.54, 1.807) is 24.5 Å². The predicted octanol–water partition coefficient (Wildman–Crippen LogP) is 2.95. The molecule has 0 unspecified atom stereocenters. The highest BCUT2D eigenvalue weighted by Gasteiger charge is 2.37. The topological polar surface area (TPSA) is 72.9 Å². The molecule has 3 rings (SSSR count). The first kappa shape index (κ1) is 17.4. The number of anilines is 1. The van der Waals surface area contributed by atoms with E-state index in [1.807, 2.05) is 6.92 Å². The van der Waals surface area contributed by atoms with Crippen molar-refractivity contribution in [2.75, 3.05) is 5.32 Å². The van der Waals surface area contributed by atoms with Gasteiger partial charge in [0, 0.05) is 11.9 Å². The van der Waals surface area contributed by atoms with E-state index in [9.17, 15) is 9.18 Å². The fourth-order valence-electron chi connectivity index (χ4n) is 2.80. The number of halogens is 2. The number of benzene rings is 1. The summed E-state index contributed by atoms with van der Waals surface area (Å²) in [7, 11) is 0. The van der Waals surface area contributed by atoms with Gasteiger partial charge in [-0.05, 0) is 43.5 Å². The second-order valence-corrected chi connectivity index (χ2v) is 5.95. The zero-order chi connectivity index (χ0) is 15.7. The molecule has 1 aliphatic carbocycles. The Balaban J connectivity index is 0.00000192. The van der Waals surface area contributed by atoms with E-state index >= 15 is 0 Å². The molecule has 5 nitrogen and oxygen atoms in total. The van der Waals surface area contributed by atoms with Gasteiger partial charge >= 0.3 is 0 Å². The fourth-order valence-corrected chi connectivity index (χ4v) is 2.80. The number of hydrogen-bond donors (Lipinski definition) is 2. The van der Waals surface area contributed by atoms with E-state index in [-0.39, 0.29) is 18.3 Å². The third-order valence-electron chi connectivity index (χ3n) is 4.11. The van der Waals surface area contributed by atoms with Gasteiger partial charge in [-0.2, -0.15) is 5.10 Å². The summed E-state index contributed by atoms with van der Waals surface area (Å²) in [5.41, 5.74) is 6.97. The molecule has 1 aliphatic rings. The van der Waals surface area contributed by atoms with E-state index in [0.29, 0.717) is 24.2 Å². The molecule has 1 saturated carbocycles. The predicted molar refractivity (Wildman–Crippen MR) is 89.5 cm³/mol. The van der Waals surface area contributed by atoms with Crippen LogP contribution in [0.4, 0.5) is 10.1 Å². The largest absolute Gasteiger partial charge is 0.324 e. The molecule has 0 bridgehead atoms. The van der Waals surface area contributed by atoms with Crippen LogP contribution in [-0.4, -0.2) is 21.2 Å². The van der Waals surface area contributed by atoms with E-state index in [0.717, 1.165) is 18.4 Å². The van der Waals surface area contributed by atoms with Crippen molar-refractivity contribution >= 4 is 24.0 Å². The van der Waals surface area contributed by atoms with Gasteiger partial charge in [0.2, 0.25) is 5.91 Å². The van der Waals surface area contributed by atoms with Crippen molar-refractivity contribution in [2.24, 2.45) is 5.73 Å². The van der Waals surface area contributed by atoms with Gasteiger partial charge in [-0.1, -0.05) is 12.8 Å². The number of nitrogens with two attached hydrogens (primary N) is 1. The van der Waals surface area contributed by atoms with Crippen molar-refractivity contribution in [1.82, 2.24) is 9.78 Å². The van der Waals surface area contributed by atoms with Gasteiger partial charge in [0.05, 0.1) is 11.7 Å². The van der Waals surface area contributed by atoms with Crippen LogP contribution >= 0.6 is 12.4 Å². The Morgan fingerprint density at radius 1 is 1.39 bits per heavy atom. The third kappa shape index (κ3) is 3.54. The molecule has 0 atom stereocenters. The molecule has 0 radical (unpaired) electrons. The van der Waals surface area contributed by atoms with Crippen molar-refractivity contribution in [3.63, 3.8) is 0 Å². The van der Waals surface area contributed by atoms with Crippen molar-refractivity contribution in [3.8, 4) is 5.69 Å². The first-order valence-corrected chi connectivity index (χ1v) is 7.39. The minimum Gasteiger partial charge on any atom is -0.324 e. The Bertz CT molecular complexity index is 710. The first-order valence-electron chi connectivity index (χ1n) is 7.39. The average Bonchev–Trinajstić information content (AvgIpc) is 3.09. The molecule has 1 heterocycles. The number of carbonyl (C=O) groups excluding carboxylic acids is 1. The van der Waals surface area contributed by atoms with Crippen molar-refractivity contribution in [2.45, 2.75) is 38.1 Å². The SMILES string of the molecule is Cc1cnn(-c2ccc(NC(=O)C3(N)CCCC3)cc2F)c1.Cl. The van der Waals surface area contributed by atoms with Crippen LogP contribution in [0.5, 0.6) is 0 Å². The molecule has 23 heavy (non-hydrogen) atoms. The van der Waals surface area contributed by atoms with Gasteiger partial charge in [0.1, 0.15) is 5.69 Å². The number of amides is 1. The smallest absolute Gasteiger partial charge is 0.244 e.